The van der Waals surface area contributed by atoms with Gasteiger partial charge in [0.25, 0.3) is 0 Å². The Kier molecular flexibility index (Phi) is 4.19. The second-order valence-corrected chi connectivity index (χ2v) is 6.90. The Hall–Kier alpha value is -2.73. The third-order valence-electron chi connectivity index (χ3n) is 4.36. The lowest BCUT2D eigenvalue weighted by atomic mass is 10.1. The van der Waals surface area contributed by atoms with Crippen molar-refractivity contribution in [2.24, 2.45) is 0 Å². The van der Waals surface area contributed by atoms with Gasteiger partial charge in [-0.3, -0.25) is 4.79 Å². The summed E-state index contributed by atoms with van der Waals surface area (Å²) in [7, 11) is 0. The molecule has 1 fully saturated rings. The summed E-state index contributed by atoms with van der Waals surface area (Å²) in [6.45, 7) is 4.30. The molecule has 0 bridgehead atoms. The molecule has 3 heterocycles. The highest BCUT2D eigenvalue weighted by atomic mass is 32.1. The number of nitrogens with zero attached hydrogens (tertiary/aromatic N) is 3. The van der Waals surface area contributed by atoms with Crippen LogP contribution in [0, 0.1) is 0 Å². The van der Waals surface area contributed by atoms with Gasteiger partial charge in [0.05, 0.1) is 4.88 Å². The van der Waals surface area contributed by atoms with E-state index in [-0.39, 0.29) is 11.9 Å². The normalized spacial score (nSPS) is 17.2. The first-order valence-corrected chi connectivity index (χ1v) is 9.01. The quantitative estimate of drug-likeness (QED) is 0.687. The van der Waals surface area contributed by atoms with E-state index in [0.29, 0.717) is 31.1 Å². The van der Waals surface area contributed by atoms with E-state index in [4.69, 9.17) is 4.52 Å². The van der Waals surface area contributed by atoms with Crippen molar-refractivity contribution in [1.82, 2.24) is 15.0 Å². The molecule has 126 valence electrons. The van der Waals surface area contributed by atoms with Gasteiger partial charge in [-0.2, -0.15) is 4.98 Å². The maximum atomic E-state index is 12.3. The van der Waals surface area contributed by atoms with Gasteiger partial charge in [0.2, 0.25) is 17.6 Å². The summed E-state index contributed by atoms with van der Waals surface area (Å²) in [5.74, 6) is 1.21. The number of aromatic nitrogens is 2. The van der Waals surface area contributed by atoms with Gasteiger partial charge < -0.3 is 9.42 Å². The molecule has 1 amide bonds. The summed E-state index contributed by atoms with van der Waals surface area (Å²) in [6.07, 6.45) is 3.01. The van der Waals surface area contributed by atoms with E-state index < -0.39 is 0 Å². The van der Waals surface area contributed by atoms with Crippen LogP contribution in [0.5, 0.6) is 0 Å². The van der Waals surface area contributed by atoms with Crippen LogP contribution in [-0.2, 0) is 11.3 Å². The molecule has 0 radical (unpaired) electrons. The van der Waals surface area contributed by atoms with Crippen LogP contribution in [0.4, 0.5) is 0 Å². The molecule has 5 nitrogen and oxygen atoms in total. The van der Waals surface area contributed by atoms with Gasteiger partial charge in [-0.15, -0.1) is 11.3 Å². The molecule has 1 aliphatic heterocycles. The highest BCUT2D eigenvalue weighted by Crippen LogP contribution is 2.34. The molecule has 0 saturated carbocycles. The van der Waals surface area contributed by atoms with Crippen molar-refractivity contribution in [2.45, 2.75) is 25.4 Å². The van der Waals surface area contributed by atoms with Crippen molar-refractivity contribution in [3.05, 3.63) is 65.4 Å². The van der Waals surface area contributed by atoms with Crippen LogP contribution in [0.2, 0.25) is 0 Å². The van der Waals surface area contributed by atoms with Crippen LogP contribution < -0.4 is 0 Å². The monoisotopic (exact) mass is 351 g/mol. The van der Waals surface area contributed by atoms with Crippen molar-refractivity contribution in [3.63, 3.8) is 0 Å². The van der Waals surface area contributed by atoms with Crippen molar-refractivity contribution in [3.8, 4) is 10.7 Å². The number of rotatable bonds is 5. The molecular weight excluding hydrogens is 334 g/mol. The van der Waals surface area contributed by atoms with Crippen LogP contribution in [0.25, 0.3) is 16.8 Å². The van der Waals surface area contributed by atoms with Gasteiger partial charge >= 0.3 is 0 Å². The minimum Gasteiger partial charge on any atom is -0.337 e. The predicted octanol–water partition coefficient (Wildman–Crippen LogP) is 4.30. The number of carbonyl (C=O) groups is 1. The van der Waals surface area contributed by atoms with Gasteiger partial charge in [0, 0.05) is 13.0 Å². The van der Waals surface area contributed by atoms with E-state index in [0.717, 1.165) is 16.0 Å². The maximum absolute atomic E-state index is 12.3. The van der Waals surface area contributed by atoms with Gasteiger partial charge in [-0.25, -0.2) is 0 Å². The number of thiophene rings is 1. The number of amides is 1. The molecule has 1 atom stereocenters. The van der Waals surface area contributed by atoms with E-state index in [9.17, 15) is 4.79 Å². The average Bonchev–Trinajstić information content (AvgIpc) is 3.37. The van der Waals surface area contributed by atoms with E-state index in [1.807, 2.05) is 46.7 Å². The third-order valence-corrected chi connectivity index (χ3v) is 5.23. The molecule has 3 aromatic rings. The molecule has 4 rings (SSSR count). The van der Waals surface area contributed by atoms with E-state index in [1.165, 1.54) is 0 Å². The summed E-state index contributed by atoms with van der Waals surface area (Å²) in [5, 5.41) is 6.04. The second-order valence-electron chi connectivity index (χ2n) is 5.96. The summed E-state index contributed by atoms with van der Waals surface area (Å²) >= 11 is 1.57. The smallest absolute Gasteiger partial charge is 0.249 e. The third kappa shape index (κ3) is 3.13. The Morgan fingerprint density at radius 3 is 2.88 bits per heavy atom. The predicted molar refractivity (Wildman–Crippen MR) is 96.7 cm³/mol. The van der Waals surface area contributed by atoms with Gasteiger partial charge in [-0.1, -0.05) is 48.1 Å². The lowest BCUT2D eigenvalue weighted by Crippen LogP contribution is -2.27. The van der Waals surface area contributed by atoms with E-state index in [2.05, 4.69) is 16.7 Å². The summed E-state index contributed by atoms with van der Waals surface area (Å²) < 4.78 is 5.46. The molecule has 25 heavy (non-hydrogen) atoms. The topological polar surface area (TPSA) is 59.2 Å². The van der Waals surface area contributed by atoms with Crippen LogP contribution in [-0.4, -0.2) is 20.9 Å². The van der Waals surface area contributed by atoms with Crippen LogP contribution >= 0.6 is 11.3 Å². The van der Waals surface area contributed by atoms with E-state index >= 15 is 0 Å². The van der Waals surface area contributed by atoms with Crippen LogP contribution in [0.3, 0.4) is 0 Å². The minimum atomic E-state index is -0.159. The zero-order valence-electron chi connectivity index (χ0n) is 13.6. The number of likely N-dealkylation sites (tertiary alicyclic amines) is 1. The highest BCUT2D eigenvalue weighted by molar-refractivity contribution is 7.13. The first kappa shape index (κ1) is 15.8. The van der Waals surface area contributed by atoms with Crippen molar-refractivity contribution in [2.75, 3.05) is 0 Å². The first-order chi connectivity index (χ1) is 12.2. The SMILES string of the molecule is C=Cc1ccc(CN2C(=O)CCC2c2nc(-c3cccs3)no2)cc1. The Morgan fingerprint density at radius 2 is 2.16 bits per heavy atom. The minimum absolute atomic E-state index is 0.119. The van der Waals surface area contributed by atoms with Crippen molar-refractivity contribution in [1.29, 1.82) is 0 Å². The molecule has 0 spiro atoms. The van der Waals surface area contributed by atoms with E-state index in [1.54, 1.807) is 17.4 Å². The zero-order valence-corrected chi connectivity index (χ0v) is 14.4. The number of hydrogen-bond donors (Lipinski definition) is 0. The summed E-state index contributed by atoms with van der Waals surface area (Å²) in [5.41, 5.74) is 2.13. The molecule has 1 aromatic carbocycles. The molecule has 0 aliphatic carbocycles. The van der Waals surface area contributed by atoms with Gasteiger partial charge in [-0.05, 0) is 29.0 Å². The number of carbonyl (C=O) groups excluding carboxylic acids is 1. The number of benzene rings is 1. The van der Waals surface area contributed by atoms with Crippen LogP contribution in [0.1, 0.15) is 35.9 Å². The molecule has 2 aromatic heterocycles. The average molecular weight is 351 g/mol. The Morgan fingerprint density at radius 1 is 1.32 bits per heavy atom. The molecule has 6 heteroatoms. The first-order valence-electron chi connectivity index (χ1n) is 8.13. The molecule has 1 saturated heterocycles. The van der Waals surface area contributed by atoms with Gasteiger partial charge in [0.15, 0.2) is 0 Å². The largest absolute Gasteiger partial charge is 0.337 e. The molecular formula is C19H17N3O2S. The zero-order chi connectivity index (χ0) is 17.2. The van der Waals surface area contributed by atoms with Gasteiger partial charge in [0.1, 0.15) is 6.04 Å². The second kappa shape index (κ2) is 6.64. The van der Waals surface area contributed by atoms with Crippen molar-refractivity contribution >= 4 is 23.3 Å². The Bertz CT molecular complexity index is 884. The molecule has 0 N–H and O–H groups in total. The maximum Gasteiger partial charge on any atom is 0.249 e. The Balaban J connectivity index is 1.56. The summed E-state index contributed by atoms with van der Waals surface area (Å²) in [6, 6.07) is 11.8. The standard InChI is InChI=1S/C19H17N3O2S/c1-2-13-5-7-14(8-6-13)12-22-15(9-10-17(22)23)19-20-18(21-24-19)16-4-3-11-25-16/h2-8,11,15H,1,9-10,12H2. The molecule has 1 aliphatic rings. The fraction of sp³-hybridized carbons (Fsp3) is 0.211. The van der Waals surface area contributed by atoms with Crippen LogP contribution in [0.15, 0.2) is 52.9 Å². The highest BCUT2D eigenvalue weighted by Gasteiger charge is 2.36. The Labute approximate surface area is 149 Å². The summed E-state index contributed by atoms with van der Waals surface area (Å²) in [4.78, 5) is 19.6. The molecule has 1 unspecified atom stereocenters. The number of hydrogen-bond acceptors (Lipinski definition) is 5. The van der Waals surface area contributed by atoms with Crippen molar-refractivity contribution < 1.29 is 9.32 Å². The lowest BCUT2D eigenvalue weighted by molar-refractivity contribution is -0.129. The fourth-order valence-corrected chi connectivity index (χ4v) is 3.67. The lowest BCUT2D eigenvalue weighted by Gasteiger charge is -2.22. The fourth-order valence-electron chi connectivity index (χ4n) is 3.02.